The van der Waals surface area contributed by atoms with Gasteiger partial charge in [-0.25, -0.2) is 0 Å². The van der Waals surface area contributed by atoms with E-state index in [0.29, 0.717) is 5.41 Å². The number of nitrogens with zero attached hydrogens (tertiary/aromatic N) is 1. The highest BCUT2D eigenvalue weighted by Crippen LogP contribution is 2.45. The predicted octanol–water partition coefficient (Wildman–Crippen LogP) is 6.64. The number of benzene rings is 2. The molecule has 1 nitrogen and oxygen atoms in total. The molecule has 1 aliphatic rings. The molecule has 1 heterocycles. The van der Waals surface area contributed by atoms with Crippen molar-refractivity contribution < 1.29 is 0 Å². The first-order chi connectivity index (χ1) is 11.6. The van der Waals surface area contributed by atoms with Crippen LogP contribution in [0.2, 0.25) is 0 Å². The highest BCUT2D eigenvalue weighted by Gasteiger charge is 2.31. The summed E-state index contributed by atoms with van der Waals surface area (Å²) in [7, 11) is 0. The van der Waals surface area contributed by atoms with Crippen LogP contribution in [0.1, 0.15) is 50.3 Å². The third-order valence-corrected chi connectivity index (χ3v) is 6.58. The second-order valence-electron chi connectivity index (χ2n) is 7.46. The first-order valence-corrected chi connectivity index (χ1v) is 10.2. The zero-order valence-corrected chi connectivity index (χ0v) is 15.7. The summed E-state index contributed by atoms with van der Waals surface area (Å²) in [6, 6.07) is 13.5. The lowest BCUT2D eigenvalue weighted by molar-refractivity contribution is 0.316. The molecule has 0 atom stereocenters. The van der Waals surface area contributed by atoms with E-state index in [1.54, 1.807) is 0 Å². The van der Waals surface area contributed by atoms with Crippen molar-refractivity contribution in [3.63, 3.8) is 0 Å². The van der Waals surface area contributed by atoms with Gasteiger partial charge in [0.05, 0.1) is 5.52 Å². The maximum absolute atomic E-state index is 4.91. The first kappa shape index (κ1) is 16.0. The molecular formula is C22H25NS. The Hall–Kier alpha value is -1.54. The maximum Gasteiger partial charge on any atom is 0.0794 e. The molecule has 3 aromatic rings. The SMILES string of the molecule is CSc1c(C2(C)CCCCC2)ccc2ccc3ccc(C)nc3c12. The molecule has 1 fully saturated rings. The standard InChI is InChI=1S/C22H25NS/c1-15-7-8-17-10-9-16-11-12-18(22(2)13-5-4-6-14-22)21(24-3)19(16)20(17)23-15/h7-12H,4-6,13-14H2,1-3H3. The van der Waals surface area contributed by atoms with Crippen LogP contribution >= 0.6 is 11.8 Å². The van der Waals surface area contributed by atoms with E-state index in [1.165, 1.54) is 58.7 Å². The van der Waals surface area contributed by atoms with Gasteiger partial charge >= 0.3 is 0 Å². The van der Waals surface area contributed by atoms with Gasteiger partial charge in [0.15, 0.2) is 0 Å². The Morgan fingerprint density at radius 3 is 2.33 bits per heavy atom. The van der Waals surface area contributed by atoms with Crippen molar-refractivity contribution in [3.8, 4) is 0 Å². The molecule has 124 valence electrons. The van der Waals surface area contributed by atoms with E-state index in [0.717, 1.165) is 11.2 Å². The molecule has 2 aromatic carbocycles. The summed E-state index contributed by atoms with van der Waals surface area (Å²) in [5.41, 5.74) is 4.11. The summed E-state index contributed by atoms with van der Waals surface area (Å²) in [6.45, 7) is 4.56. The van der Waals surface area contributed by atoms with Crippen molar-refractivity contribution in [2.75, 3.05) is 6.26 Å². The largest absolute Gasteiger partial charge is 0.252 e. The van der Waals surface area contributed by atoms with Crippen LogP contribution in [0.3, 0.4) is 0 Å². The van der Waals surface area contributed by atoms with E-state index in [-0.39, 0.29) is 0 Å². The average molecular weight is 336 g/mol. The molecule has 0 radical (unpaired) electrons. The number of fused-ring (bicyclic) bond motifs is 3. The average Bonchev–Trinajstić information content (AvgIpc) is 2.61. The van der Waals surface area contributed by atoms with E-state index in [4.69, 9.17) is 4.98 Å². The quantitative estimate of drug-likeness (QED) is 0.384. The molecule has 0 unspecified atom stereocenters. The third kappa shape index (κ3) is 2.52. The van der Waals surface area contributed by atoms with E-state index < -0.39 is 0 Å². The van der Waals surface area contributed by atoms with Crippen molar-refractivity contribution in [3.05, 3.63) is 47.7 Å². The molecule has 0 amide bonds. The summed E-state index contributed by atoms with van der Waals surface area (Å²) in [5.74, 6) is 0. The summed E-state index contributed by atoms with van der Waals surface area (Å²) in [5, 5.41) is 3.91. The Balaban J connectivity index is 2.06. The number of hydrogen-bond donors (Lipinski definition) is 0. The molecule has 0 bridgehead atoms. The van der Waals surface area contributed by atoms with Gasteiger partial charge in [-0.3, -0.25) is 4.98 Å². The van der Waals surface area contributed by atoms with E-state index in [9.17, 15) is 0 Å². The zero-order valence-electron chi connectivity index (χ0n) is 14.9. The molecule has 1 saturated carbocycles. The van der Waals surface area contributed by atoms with Crippen molar-refractivity contribution >= 4 is 33.4 Å². The smallest absolute Gasteiger partial charge is 0.0794 e. The van der Waals surface area contributed by atoms with Gasteiger partial charge in [-0.15, -0.1) is 11.8 Å². The molecular weight excluding hydrogens is 310 g/mol. The normalized spacial score (nSPS) is 17.5. The minimum atomic E-state index is 0.316. The van der Waals surface area contributed by atoms with Crippen molar-refractivity contribution in [2.45, 2.75) is 56.3 Å². The first-order valence-electron chi connectivity index (χ1n) is 9.00. The van der Waals surface area contributed by atoms with Crippen LogP contribution in [0.5, 0.6) is 0 Å². The minimum absolute atomic E-state index is 0.316. The Kier molecular flexibility index (Phi) is 4.04. The summed E-state index contributed by atoms with van der Waals surface area (Å²) in [6.07, 6.45) is 8.94. The summed E-state index contributed by atoms with van der Waals surface area (Å²) in [4.78, 5) is 6.35. The van der Waals surface area contributed by atoms with Crippen LogP contribution in [0.4, 0.5) is 0 Å². The maximum atomic E-state index is 4.91. The van der Waals surface area contributed by atoms with Gasteiger partial charge in [-0.05, 0) is 48.5 Å². The van der Waals surface area contributed by atoms with E-state index in [1.807, 2.05) is 11.8 Å². The van der Waals surface area contributed by atoms with Crippen LogP contribution in [0.25, 0.3) is 21.7 Å². The van der Waals surface area contributed by atoms with Gasteiger partial charge < -0.3 is 0 Å². The van der Waals surface area contributed by atoms with Gasteiger partial charge in [0, 0.05) is 21.4 Å². The second kappa shape index (κ2) is 6.07. The van der Waals surface area contributed by atoms with Crippen LogP contribution in [-0.4, -0.2) is 11.2 Å². The van der Waals surface area contributed by atoms with Crippen molar-refractivity contribution in [1.82, 2.24) is 4.98 Å². The Morgan fingerprint density at radius 2 is 1.58 bits per heavy atom. The Morgan fingerprint density at radius 1 is 0.917 bits per heavy atom. The zero-order chi connectivity index (χ0) is 16.7. The van der Waals surface area contributed by atoms with E-state index >= 15 is 0 Å². The van der Waals surface area contributed by atoms with Gasteiger partial charge in [-0.2, -0.15) is 0 Å². The highest BCUT2D eigenvalue weighted by atomic mass is 32.2. The Labute approximate surface area is 148 Å². The van der Waals surface area contributed by atoms with Gasteiger partial charge in [0.2, 0.25) is 0 Å². The monoisotopic (exact) mass is 335 g/mol. The fraction of sp³-hybridized carbons (Fsp3) is 0.409. The molecule has 0 spiro atoms. The fourth-order valence-electron chi connectivity index (χ4n) is 4.35. The topological polar surface area (TPSA) is 12.9 Å². The Bertz CT molecular complexity index is 907. The fourth-order valence-corrected chi connectivity index (χ4v) is 5.30. The lowest BCUT2D eigenvalue weighted by atomic mass is 9.70. The molecule has 2 heteroatoms. The molecule has 4 rings (SSSR count). The van der Waals surface area contributed by atoms with Crippen molar-refractivity contribution in [1.29, 1.82) is 0 Å². The molecule has 1 aromatic heterocycles. The van der Waals surface area contributed by atoms with E-state index in [2.05, 4.69) is 56.5 Å². The van der Waals surface area contributed by atoms with Gasteiger partial charge in [0.25, 0.3) is 0 Å². The van der Waals surface area contributed by atoms with Crippen molar-refractivity contribution in [2.24, 2.45) is 0 Å². The second-order valence-corrected chi connectivity index (χ2v) is 8.27. The molecule has 24 heavy (non-hydrogen) atoms. The summed E-state index contributed by atoms with van der Waals surface area (Å²) >= 11 is 1.90. The lowest BCUT2D eigenvalue weighted by Gasteiger charge is -2.36. The number of rotatable bonds is 2. The number of thioether (sulfide) groups is 1. The number of hydrogen-bond acceptors (Lipinski definition) is 2. The molecule has 0 saturated heterocycles. The van der Waals surface area contributed by atoms with Crippen LogP contribution < -0.4 is 0 Å². The molecule has 1 aliphatic carbocycles. The molecule has 0 aliphatic heterocycles. The third-order valence-electron chi connectivity index (χ3n) is 5.75. The predicted molar refractivity (Wildman–Crippen MR) is 106 cm³/mol. The lowest BCUT2D eigenvalue weighted by Crippen LogP contribution is -2.25. The van der Waals surface area contributed by atoms with Crippen LogP contribution in [0, 0.1) is 6.92 Å². The van der Waals surface area contributed by atoms with Gasteiger partial charge in [-0.1, -0.05) is 56.5 Å². The summed E-state index contributed by atoms with van der Waals surface area (Å²) < 4.78 is 0. The minimum Gasteiger partial charge on any atom is -0.252 e. The van der Waals surface area contributed by atoms with Gasteiger partial charge in [0.1, 0.15) is 0 Å². The number of aryl methyl sites for hydroxylation is 1. The number of aromatic nitrogens is 1. The number of pyridine rings is 1. The molecule has 0 N–H and O–H groups in total. The van der Waals surface area contributed by atoms with Crippen LogP contribution in [0.15, 0.2) is 41.3 Å². The highest BCUT2D eigenvalue weighted by molar-refractivity contribution is 7.98. The van der Waals surface area contributed by atoms with Crippen LogP contribution in [-0.2, 0) is 5.41 Å².